The highest BCUT2D eigenvalue weighted by molar-refractivity contribution is 6.19. The molecule has 0 aliphatic carbocycles. The van der Waals surface area contributed by atoms with E-state index in [4.69, 9.17) is 25.8 Å². The van der Waals surface area contributed by atoms with Crippen LogP contribution in [0.25, 0.3) is 0 Å². The van der Waals surface area contributed by atoms with Gasteiger partial charge in [-0.05, 0) is 29.8 Å². The fraction of sp³-hybridized carbons (Fsp3) is 0.294. The molecule has 0 saturated carbocycles. The summed E-state index contributed by atoms with van der Waals surface area (Å²) < 4.78 is 15.9. The lowest BCUT2D eigenvalue weighted by Crippen LogP contribution is -2.15. The number of alkyl halides is 1. The maximum atomic E-state index is 9.65. The third-order valence-corrected chi connectivity index (χ3v) is 3.32. The predicted molar refractivity (Wildman–Crippen MR) is 85.1 cm³/mol. The molecule has 5 heteroatoms. The zero-order valence-corrected chi connectivity index (χ0v) is 13.1. The average molecular weight is 323 g/mol. The van der Waals surface area contributed by atoms with Gasteiger partial charge in [-0.1, -0.05) is 41.9 Å². The second kappa shape index (κ2) is 8.76. The van der Waals surface area contributed by atoms with Gasteiger partial charge in [0.2, 0.25) is 0 Å². The number of rotatable bonds is 8. The van der Waals surface area contributed by atoms with E-state index in [1.165, 1.54) is 0 Å². The summed E-state index contributed by atoms with van der Waals surface area (Å²) >= 11 is 6.13. The van der Waals surface area contributed by atoms with Gasteiger partial charge < -0.3 is 19.3 Å². The maximum Gasteiger partial charge on any atom is 0.159 e. The quantitative estimate of drug-likeness (QED) is 0.587. The highest BCUT2D eigenvalue weighted by Gasteiger charge is 2.14. The Bertz CT molecular complexity index is 544. The highest BCUT2D eigenvalue weighted by atomic mass is 35.5. The van der Waals surface area contributed by atoms with Crippen molar-refractivity contribution in [2.24, 2.45) is 0 Å². The highest BCUT2D eigenvalue weighted by Crippen LogP contribution is 2.27. The van der Waals surface area contributed by atoms with Crippen LogP contribution in [0.15, 0.2) is 54.6 Å². The topological polar surface area (TPSA) is 47.9 Å². The first-order valence-electron chi connectivity index (χ1n) is 6.98. The standard InChI is InChI=1S/C17H19ClO4/c1-20-12-11-16(19)22-17(18)13-7-9-15(10-8-13)21-14-5-3-2-4-6-14/h2-10,16-17,19H,11-12H2,1H3. The van der Waals surface area contributed by atoms with Crippen LogP contribution in [0.3, 0.4) is 0 Å². The molecule has 0 radical (unpaired) electrons. The molecular weight excluding hydrogens is 304 g/mol. The first-order chi connectivity index (χ1) is 10.7. The van der Waals surface area contributed by atoms with E-state index in [-0.39, 0.29) is 0 Å². The summed E-state index contributed by atoms with van der Waals surface area (Å²) in [5.41, 5.74) is 0.0242. The van der Waals surface area contributed by atoms with E-state index in [0.717, 1.165) is 11.3 Å². The van der Waals surface area contributed by atoms with Crippen molar-refractivity contribution in [3.05, 3.63) is 60.2 Å². The van der Waals surface area contributed by atoms with Gasteiger partial charge in [0.15, 0.2) is 11.9 Å². The molecule has 2 atom stereocenters. The van der Waals surface area contributed by atoms with E-state index in [2.05, 4.69) is 0 Å². The van der Waals surface area contributed by atoms with Crippen LogP contribution in [0.1, 0.15) is 17.5 Å². The first kappa shape index (κ1) is 16.8. The number of para-hydroxylation sites is 1. The van der Waals surface area contributed by atoms with Crippen LogP contribution in [0.5, 0.6) is 11.5 Å². The summed E-state index contributed by atoms with van der Waals surface area (Å²) in [5, 5.41) is 9.65. The Morgan fingerprint density at radius 1 is 1.00 bits per heavy atom. The van der Waals surface area contributed by atoms with E-state index >= 15 is 0 Å². The Kier molecular flexibility index (Phi) is 6.68. The van der Waals surface area contributed by atoms with Gasteiger partial charge >= 0.3 is 0 Å². The van der Waals surface area contributed by atoms with Crippen molar-refractivity contribution in [2.45, 2.75) is 18.3 Å². The lowest BCUT2D eigenvalue weighted by atomic mass is 10.2. The Morgan fingerprint density at radius 3 is 2.27 bits per heavy atom. The molecule has 0 aliphatic heterocycles. The summed E-state index contributed by atoms with van der Waals surface area (Å²) in [5.74, 6) is 1.47. The summed E-state index contributed by atoms with van der Waals surface area (Å²) in [7, 11) is 1.57. The Morgan fingerprint density at radius 2 is 1.64 bits per heavy atom. The van der Waals surface area contributed by atoms with Gasteiger partial charge in [0.05, 0.1) is 6.61 Å². The largest absolute Gasteiger partial charge is 0.457 e. The summed E-state index contributed by atoms with van der Waals surface area (Å²) in [4.78, 5) is 0. The number of hydrogen-bond acceptors (Lipinski definition) is 4. The zero-order valence-electron chi connectivity index (χ0n) is 12.3. The van der Waals surface area contributed by atoms with Crippen LogP contribution in [0, 0.1) is 0 Å². The number of methoxy groups -OCH3 is 1. The van der Waals surface area contributed by atoms with E-state index in [1.54, 1.807) is 19.2 Å². The average Bonchev–Trinajstić information content (AvgIpc) is 2.54. The van der Waals surface area contributed by atoms with Crippen LogP contribution in [-0.2, 0) is 9.47 Å². The molecule has 118 valence electrons. The maximum absolute atomic E-state index is 9.65. The van der Waals surface area contributed by atoms with Crippen LogP contribution in [0.2, 0.25) is 0 Å². The second-order valence-electron chi connectivity index (χ2n) is 4.67. The van der Waals surface area contributed by atoms with Gasteiger partial charge in [0.1, 0.15) is 11.5 Å². The molecule has 0 bridgehead atoms. The summed E-state index contributed by atoms with van der Waals surface area (Å²) in [6.07, 6.45) is -0.586. The molecular formula is C17H19ClO4. The monoisotopic (exact) mass is 322 g/mol. The van der Waals surface area contributed by atoms with Crippen LogP contribution in [-0.4, -0.2) is 25.1 Å². The van der Waals surface area contributed by atoms with Gasteiger partial charge in [-0.2, -0.15) is 0 Å². The molecule has 2 rings (SSSR count). The van der Waals surface area contributed by atoms with E-state index in [1.807, 2.05) is 42.5 Å². The molecule has 1 N–H and O–H groups in total. The molecule has 0 aromatic heterocycles. The summed E-state index contributed by atoms with van der Waals surface area (Å²) in [6.45, 7) is 0.411. The van der Waals surface area contributed by atoms with Crippen molar-refractivity contribution in [1.29, 1.82) is 0 Å². The van der Waals surface area contributed by atoms with Crippen molar-refractivity contribution >= 4 is 11.6 Å². The molecule has 0 amide bonds. The van der Waals surface area contributed by atoms with Gasteiger partial charge in [0.25, 0.3) is 0 Å². The molecule has 22 heavy (non-hydrogen) atoms. The fourth-order valence-corrected chi connectivity index (χ4v) is 2.08. The molecule has 0 heterocycles. The molecule has 0 fully saturated rings. The number of benzene rings is 2. The van der Waals surface area contributed by atoms with Gasteiger partial charge in [-0.15, -0.1) is 0 Å². The lowest BCUT2D eigenvalue weighted by Gasteiger charge is -2.17. The molecule has 2 aromatic carbocycles. The Balaban J connectivity index is 1.90. The Labute approximate surface area is 135 Å². The number of halogens is 1. The van der Waals surface area contributed by atoms with Crippen LogP contribution >= 0.6 is 11.6 Å². The van der Waals surface area contributed by atoms with Crippen molar-refractivity contribution in [3.63, 3.8) is 0 Å². The van der Waals surface area contributed by atoms with Crippen LogP contribution in [0.4, 0.5) is 0 Å². The molecule has 0 saturated heterocycles. The minimum absolute atomic E-state index is 0.370. The minimum Gasteiger partial charge on any atom is -0.457 e. The lowest BCUT2D eigenvalue weighted by molar-refractivity contribution is -0.124. The fourth-order valence-electron chi connectivity index (χ4n) is 1.81. The second-order valence-corrected chi connectivity index (χ2v) is 5.07. The molecule has 0 aliphatic rings. The first-order valence-corrected chi connectivity index (χ1v) is 7.42. The number of aliphatic hydroxyl groups excluding tert-OH is 1. The third-order valence-electron chi connectivity index (χ3n) is 2.97. The number of aliphatic hydroxyl groups is 1. The van der Waals surface area contributed by atoms with Crippen LogP contribution < -0.4 is 4.74 Å². The smallest absolute Gasteiger partial charge is 0.159 e. The van der Waals surface area contributed by atoms with E-state index < -0.39 is 11.9 Å². The van der Waals surface area contributed by atoms with Gasteiger partial charge in [0, 0.05) is 13.5 Å². The van der Waals surface area contributed by atoms with Crippen molar-refractivity contribution in [3.8, 4) is 11.5 Å². The molecule has 0 spiro atoms. The minimum atomic E-state index is -0.956. The van der Waals surface area contributed by atoms with Crippen molar-refractivity contribution in [1.82, 2.24) is 0 Å². The molecule has 2 aromatic rings. The SMILES string of the molecule is COCCC(O)OC(Cl)c1ccc(Oc2ccccc2)cc1. The predicted octanol–water partition coefficient (Wildman–Crippen LogP) is 4.09. The molecule has 2 unspecified atom stereocenters. The van der Waals surface area contributed by atoms with Crippen molar-refractivity contribution in [2.75, 3.05) is 13.7 Å². The number of ether oxygens (including phenoxy) is 3. The normalized spacial score (nSPS) is 13.6. The van der Waals surface area contributed by atoms with Gasteiger partial charge in [-0.25, -0.2) is 0 Å². The Hall–Kier alpha value is -1.59. The number of hydrogen-bond donors (Lipinski definition) is 1. The van der Waals surface area contributed by atoms with E-state index in [9.17, 15) is 5.11 Å². The molecule has 4 nitrogen and oxygen atoms in total. The zero-order chi connectivity index (χ0) is 15.8. The van der Waals surface area contributed by atoms with E-state index in [0.29, 0.717) is 18.8 Å². The van der Waals surface area contributed by atoms with Gasteiger partial charge in [-0.3, -0.25) is 0 Å². The summed E-state index contributed by atoms with van der Waals surface area (Å²) in [6, 6.07) is 16.7. The third kappa shape index (κ3) is 5.31. The van der Waals surface area contributed by atoms with Crippen molar-refractivity contribution < 1.29 is 19.3 Å².